The van der Waals surface area contributed by atoms with E-state index in [1.807, 2.05) is 43.4 Å². The third kappa shape index (κ3) is 5.99. The van der Waals surface area contributed by atoms with Crippen LogP contribution in [0.4, 0.5) is 0 Å². The van der Waals surface area contributed by atoms with Crippen molar-refractivity contribution in [3.8, 4) is 0 Å². The highest BCUT2D eigenvalue weighted by molar-refractivity contribution is 6.74. The minimum atomic E-state index is -2.43. The van der Waals surface area contributed by atoms with Crippen LogP contribution in [0, 0.1) is 0 Å². The van der Waals surface area contributed by atoms with Gasteiger partial charge < -0.3 is 23.4 Å². The Morgan fingerprint density at radius 2 is 1.66 bits per heavy atom. The van der Waals surface area contributed by atoms with Gasteiger partial charge in [0.1, 0.15) is 24.4 Å². The lowest BCUT2D eigenvalue weighted by molar-refractivity contribution is -0.333. The van der Waals surface area contributed by atoms with Gasteiger partial charge in [0, 0.05) is 16.0 Å². The fourth-order valence-electron chi connectivity index (χ4n) is 4.11. The number of hydrogen-bond donors (Lipinski definition) is 0. The summed E-state index contributed by atoms with van der Waals surface area (Å²) in [4.78, 5) is 28.9. The summed E-state index contributed by atoms with van der Waals surface area (Å²) in [7, 11) is -2.43. The monoisotopic (exact) mass is 539 g/mol. The molecule has 11 heteroatoms. The third-order valence-electron chi connectivity index (χ3n) is 7.25. The molecule has 4 rings (SSSR count). The van der Waals surface area contributed by atoms with Crippen LogP contribution in [0.3, 0.4) is 0 Å². The van der Waals surface area contributed by atoms with Crippen molar-refractivity contribution in [3.05, 3.63) is 82.2 Å². The normalized spacial score (nSPS) is 27.5. The number of carbonyl (C=O) groups excluding carboxylic acids is 2. The summed E-state index contributed by atoms with van der Waals surface area (Å²) in [6, 6.07) is 16.3. The lowest BCUT2D eigenvalue weighted by Gasteiger charge is -2.50. The van der Waals surface area contributed by atoms with Gasteiger partial charge in [0.25, 0.3) is 5.78 Å². The first-order valence-corrected chi connectivity index (χ1v) is 15.4. The van der Waals surface area contributed by atoms with Gasteiger partial charge in [0.2, 0.25) is 0 Å². The van der Waals surface area contributed by atoms with Crippen molar-refractivity contribution in [2.75, 3.05) is 6.61 Å². The molecule has 0 radical (unpaired) electrons. The van der Waals surface area contributed by atoms with Crippen LogP contribution in [0.25, 0.3) is 10.4 Å². The standard InChI is InChI=1S/C27H33N3O7Si/c1-27(2,3)38(4,5)37-26-20(29-30-28)23(35-24(32)21(31)17-12-8-6-9-13-17)22-19(34-26)16-33-25(36-22)18-14-10-7-11-15-18/h6-15,19-20,22-23,25-26H,16H2,1-5H3/t19?,20-,22+,23+,25?,26?/m0/s1. The summed E-state index contributed by atoms with van der Waals surface area (Å²) < 4.78 is 30.7. The summed E-state index contributed by atoms with van der Waals surface area (Å²) in [5, 5.41) is 3.75. The van der Waals surface area contributed by atoms with E-state index >= 15 is 0 Å². The number of carbonyl (C=O) groups is 2. The number of hydrogen-bond acceptors (Lipinski definition) is 8. The molecule has 2 heterocycles. The van der Waals surface area contributed by atoms with Crippen LogP contribution in [0.5, 0.6) is 0 Å². The van der Waals surface area contributed by atoms with Gasteiger partial charge in [-0.3, -0.25) is 4.79 Å². The fourth-order valence-corrected chi connectivity index (χ4v) is 5.23. The average molecular weight is 540 g/mol. The maximum Gasteiger partial charge on any atom is 0.380 e. The van der Waals surface area contributed by atoms with E-state index in [0.29, 0.717) is 0 Å². The molecule has 0 aliphatic carbocycles. The number of Topliss-reactive ketones (excluding diaryl/α,β-unsaturated/α-hetero) is 1. The van der Waals surface area contributed by atoms with Gasteiger partial charge in [-0.05, 0) is 23.7 Å². The van der Waals surface area contributed by atoms with Gasteiger partial charge in [0.15, 0.2) is 20.9 Å². The number of azide groups is 1. The van der Waals surface area contributed by atoms with E-state index in [-0.39, 0.29) is 17.2 Å². The second kappa shape index (κ2) is 11.4. The molecule has 0 bridgehead atoms. The molecule has 2 aliphatic rings. The first kappa shape index (κ1) is 28.0. The molecular weight excluding hydrogens is 506 g/mol. The van der Waals surface area contributed by atoms with E-state index in [1.54, 1.807) is 18.2 Å². The molecule has 0 spiro atoms. The molecule has 3 unspecified atom stereocenters. The van der Waals surface area contributed by atoms with Gasteiger partial charge in [-0.2, -0.15) is 0 Å². The molecule has 0 N–H and O–H groups in total. The Balaban J connectivity index is 1.67. The molecule has 2 aromatic carbocycles. The maximum atomic E-state index is 13.1. The number of fused-ring (bicyclic) bond motifs is 1. The van der Waals surface area contributed by atoms with Crippen LogP contribution < -0.4 is 0 Å². The van der Waals surface area contributed by atoms with E-state index in [2.05, 4.69) is 30.8 Å². The Morgan fingerprint density at radius 1 is 1.03 bits per heavy atom. The zero-order valence-electron chi connectivity index (χ0n) is 22.1. The molecular formula is C27H33N3O7Si. The lowest BCUT2D eigenvalue weighted by atomic mass is 9.96. The number of esters is 1. The van der Waals surface area contributed by atoms with Gasteiger partial charge in [-0.15, -0.1) is 0 Å². The zero-order valence-corrected chi connectivity index (χ0v) is 23.1. The van der Waals surface area contributed by atoms with Crippen LogP contribution in [0.15, 0.2) is 65.8 Å². The van der Waals surface area contributed by atoms with Crippen molar-refractivity contribution in [3.63, 3.8) is 0 Å². The average Bonchev–Trinajstić information content (AvgIpc) is 2.90. The van der Waals surface area contributed by atoms with Gasteiger partial charge >= 0.3 is 5.97 Å². The van der Waals surface area contributed by atoms with Gasteiger partial charge in [-0.25, -0.2) is 4.79 Å². The topological polar surface area (TPSA) is 129 Å². The van der Waals surface area contributed by atoms with E-state index in [1.165, 1.54) is 12.1 Å². The predicted octanol–water partition coefficient (Wildman–Crippen LogP) is 5.32. The smallest absolute Gasteiger partial charge is 0.380 e. The molecule has 2 saturated heterocycles. The molecule has 10 nitrogen and oxygen atoms in total. The van der Waals surface area contributed by atoms with Crippen molar-refractivity contribution in [2.45, 2.75) is 75.8 Å². The SMILES string of the molecule is CC(C)(C)[Si](C)(C)OC1OC2COC(c3ccccc3)O[C@H]2[C@H](OC(=O)C(=O)c2ccccc2)[C@@H]1N=[N+]=[N-]. The largest absolute Gasteiger partial charge is 0.453 e. The van der Waals surface area contributed by atoms with Crippen LogP contribution >= 0.6 is 0 Å². The van der Waals surface area contributed by atoms with E-state index in [4.69, 9.17) is 23.4 Å². The van der Waals surface area contributed by atoms with Crippen LogP contribution in [-0.2, 0) is 28.2 Å². The van der Waals surface area contributed by atoms with Crippen molar-refractivity contribution in [1.29, 1.82) is 0 Å². The summed E-state index contributed by atoms with van der Waals surface area (Å²) in [6.45, 7) is 10.4. The number of benzene rings is 2. The maximum absolute atomic E-state index is 13.1. The Hall–Kier alpha value is -3.05. The van der Waals surface area contributed by atoms with Crippen molar-refractivity contribution < 1.29 is 33.0 Å². The highest BCUT2D eigenvalue weighted by Gasteiger charge is 2.54. The first-order chi connectivity index (χ1) is 18.0. The molecule has 6 atom stereocenters. The fraction of sp³-hybridized carbons (Fsp3) is 0.481. The molecule has 0 amide bonds. The summed E-state index contributed by atoms with van der Waals surface area (Å²) in [6.07, 6.45) is -4.53. The summed E-state index contributed by atoms with van der Waals surface area (Å²) in [5.74, 6) is -1.90. The second-order valence-corrected chi connectivity index (χ2v) is 15.6. The molecule has 38 heavy (non-hydrogen) atoms. The summed E-state index contributed by atoms with van der Waals surface area (Å²) in [5.41, 5.74) is 10.4. The molecule has 0 saturated carbocycles. The Labute approximate surface area is 222 Å². The van der Waals surface area contributed by atoms with Crippen molar-refractivity contribution in [1.82, 2.24) is 0 Å². The molecule has 2 fully saturated rings. The molecule has 0 aromatic heterocycles. The van der Waals surface area contributed by atoms with Gasteiger partial charge in [-0.1, -0.05) is 86.5 Å². The third-order valence-corrected chi connectivity index (χ3v) is 11.7. The van der Waals surface area contributed by atoms with Crippen molar-refractivity contribution in [2.24, 2.45) is 5.11 Å². The number of rotatable bonds is 7. The van der Waals surface area contributed by atoms with E-state index in [0.717, 1.165) is 5.56 Å². The van der Waals surface area contributed by atoms with E-state index < -0.39 is 57.0 Å². The highest BCUT2D eigenvalue weighted by atomic mass is 28.4. The Bertz CT molecular complexity index is 1180. The number of nitrogens with zero attached hydrogens (tertiary/aromatic N) is 3. The second-order valence-electron chi connectivity index (χ2n) is 10.9. The lowest BCUT2D eigenvalue weighted by Crippen LogP contribution is -2.64. The number of ketones is 1. The van der Waals surface area contributed by atoms with Crippen LogP contribution in [0.2, 0.25) is 18.1 Å². The predicted molar refractivity (Wildman–Crippen MR) is 141 cm³/mol. The molecule has 202 valence electrons. The Kier molecular flexibility index (Phi) is 8.36. The number of ether oxygens (including phenoxy) is 4. The minimum absolute atomic E-state index is 0.116. The van der Waals surface area contributed by atoms with Crippen LogP contribution in [0.1, 0.15) is 43.0 Å². The molecule has 2 aliphatic heterocycles. The minimum Gasteiger partial charge on any atom is -0.453 e. The quantitative estimate of drug-likeness (QED) is 0.0885. The summed E-state index contributed by atoms with van der Waals surface area (Å²) >= 11 is 0. The van der Waals surface area contributed by atoms with Crippen molar-refractivity contribution >= 4 is 20.1 Å². The van der Waals surface area contributed by atoms with Crippen LogP contribution in [-0.4, -0.2) is 57.3 Å². The molecule has 2 aromatic rings. The zero-order chi connectivity index (χ0) is 27.5. The first-order valence-electron chi connectivity index (χ1n) is 12.5. The Morgan fingerprint density at radius 3 is 2.26 bits per heavy atom. The van der Waals surface area contributed by atoms with Gasteiger partial charge in [0.05, 0.1) is 6.61 Å². The highest BCUT2D eigenvalue weighted by Crippen LogP contribution is 2.42. The van der Waals surface area contributed by atoms with E-state index in [9.17, 15) is 15.1 Å².